The molecule has 4 rings (SSSR count). The monoisotopic (exact) mass is 409 g/mol. The minimum Gasteiger partial charge on any atom is -0.342 e. The van der Waals surface area contributed by atoms with Gasteiger partial charge in [-0.15, -0.1) is 0 Å². The van der Waals surface area contributed by atoms with Gasteiger partial charge in [-0.3, -0.25) is 15.0 Å². The first-order chi connectivity index (χ1) is 14.4. The Morgan fingerprint density at radius 3 is 2.20 bits per heavy atom. The van der Waals surface area contributed by atoms with Gasteiger partial charge in [0, 0.05) is 25.2 Å². The maximum atomic E-state index is 12.0. The third kappa shape index (κ3) is 5.06. The van der Waals surface area contributed by atoms with Gasteiger partial charge in [0.25, 0.3) is 0 Å². The Morgan fingerprint density at radius 1 is 0.967 bits per heavy atom. The fourth-order valence-corrected chi connectivity index (χ4v) is 5.12. The van der Waals surface area contributed by atoms with E-state index in [9.17, 15) is 9.59 Å². The van der Waals surface area contributed by atoms with E-state index in [-0.39, 0.29) is 11.9 Å². The third-order valence-corrected chi connectivity index (χ3v) is 6.99. The second-order valence-corrected chi connectivity index (χ2v) is 9.71. The molecule has 1 radical (unpaired) electrons. The van der Waals surface area contributed by atoms with Crippen LogP contribution in [0.15, 0.2) is 24.3 Å². The molecule has 1 aromatic rings. The molecule has 3 heterocycles. The predicted octanol–water partition coefficient (Wildman–Crippen LogP) is 2.21. The van der Waals surface area contributed by atoms with E-state index in [0.717, 1.165) is 30.2 Å². The van der Waals surface area contributed by atoms with Gasteiger partial charge in [0.2, 0.25) is 13.3 Å². The van der Waals surface area contributed by atoms with Crippen molar-refractivity contribution in [1.29, 1.82) is 0 Å². The molecule has 0 saturated carbocycles. The van der Waals surface area contributed by atoms with Crippen molar-refractivity contribution < 1.29 is 9.59 Å². The quantitative estimate of drug-likeness (QED) is 0.758. The maximum absolute atomic E-state index is 12.0. The van der Waals surface area contributed by atoms with Gasteiger partial charge < -0.3 is 9.71 Å². The molecule has 3 fully saturated rings. The first-order valence-electron chi connectivity index (χ1n) is 11.5. The minimum absolute atomic E-state index is 0.199. The Labute approximate surface area is 181 Å². The summed E-state index contributed by atoms with van der Waals surface area (Å²) in [5.74, 6) is 0.559. The number of carbonyl (C=O) groups is 2. The Balaban J connectivity index is 1.25. The number of rotatable bonds is 5. The van der Waals surface area contributed by atoms with E-state index < -0.39 is 0 Å². The number of nitrogens with zero attached hydrogens (tertiary/aromatic N) is 3. The summed E-state index contributed by atoms with van der Waals surface area (Å²) in [6, 6.07) is 7.74. The number of nitrogens with one attached hydrogen (secondary N) is 1. The number of amides is 3. The molecule has 3 aliphatic rings. The number of urea groups is 1. The lowest BCUT2D eigenvalue weighted by molar-refractivity contribution is -0.120. The number of benzene rings is 1. The minimum atomic E-state index is -0.330. The van der Waals surface area contributed by atoms with E-state index in [1.807, 2.05) is 12.1 Å². The average Bonchev–Trinajstić information content (AvgIpc) is 2.72. The number of imide groups is 1. The molecule has 0 unspecified atom stereocenters. The summed E-state index contributed by atoms with van der Waals surface area (Å²) in [6.45, 7) is 11.1. The van der Waals surface area contributed by atoms with Gasteiger partial charge in [-0.25, -0.2) is 4.79 Å². The van der Waals surface area contributed by atoms with Crippen LogP contribution in [-0.4, -0.2) is 68.3 Å². The van der Waals surface area contributed by atoms with Crippen LogP contribution in [0.2, 0.25) is 0 Å². The predicted molar refractivity (Wildman–Crippen MR) is 121 cm³/mol. The van der Waals surface area contributed by atoms with Crippen LogP contribution in [0.25, 0.3) is 0 Å². The summed E-state index contributed by atoms with van der Waals surface area (Å²) in [5, 5.41) is 2.38. The summed E-state index contributed by atoms with van der Waals surface area (Å²) >= 11 is 0. The molecular formula is C23H34BN4O2. The zero-order chi connectivity index (χ0) is 21.1. The van der Waals surface area contributed by atoms with Gasteiger partial charge in [0.05, 0.1) is 0 Å². The number of piperidine rings is 2. The average molecular weight is 409 g/mol. The fourth-order valence-electron chi connectivity index (χ4n) is 5.12. The molecule has 1 N–H and O–H groups in total. The molecule has 0 aromatic heterocycles. The standard InChI is InChI=1S/C23H34BN4O2/c1-18(2)17-26-13-8-23(9-14-26)10-15-27(16-11-23)24-19-3-5-20(6-4-19)28-12-7-21(29)25-22(28)30/h3-6,18H,7-17H2,1-2H3,(H,25,29,30). The molecule has 3 aliphatic heterocycles. The summed E-state index contributed by atoms with van der Waals surface area (Å²) in [6.07, 6.45) is 5.63. The Hall–Kier alpha value is -1.86. The summed E-state index contributed by atoms with van der Waals surface area (Å²) in [4.78, 5) is 30.1. The molecule has 0 aliphatic carbocycles. The van der Waals surface area contributed by atoms with E-state index in [4.69, 9.17) is 0 Å². The van der Waals surface area contributed by atoms with E-state index in [1.165, 1.54) is 45.3 Å². The van der Waals surface area contributed by atoms with Crippen LogP contribution in [0.3, 0.4) is 0 Å². The lowest BCUT2D eigenvalue weighted by Crippen LogP contribution is -2.50. The zero-order valence-electron chi connectivity index (χ0n) is 18.4. The lowest BCUT2D eigenvalue weighted by Gasteiger charge is -2.47. The Bertz CT molecular complexity index is 749. The molecule has 1 aromatic carbocycles. The van der Waals surface area contributed by atoms with E-state index in [0.29, 0.717) is 18.4 Å². The Kier molecular flexibility index (Phi) is 6.49. The second-order valence-electron chi connectivity index (χ2n) is 9.71. The van der Waals surface area contributed by atoms with Crippen LogP contribution in [-0.2, 0) is 4.79 Å². The Morgan fingerprint density at radius 2 is 1.60 bits per heavy atom. The first-order valence-corrected chi connectivity index (χ1v) is 11.5. The molecular weight excluding hydrogens is 375 g/mol. The largest absolute Gasteiger partial charge is 0.342 e. The van der Waals surface area contributed by atoms with Crippen molar-refractivity contribution in [3.05, 3.63) is 24.3 Å². The highest BCUT2D eigenvalue weighted by Gasteiger charge is 2.37. The highest BCUT2D eigenvalue weighted by molar-refractivity contribution is 6.50. The van der Waals surface area contributed by atoms with Crippen LogP contribution in [0.1, 0.15) is 46.0 Å². The molecule has 30 heavy (non-hydrogen) atoms. The third-order valence-electron chi connectivity index (χ3n) is 6.99. The van der Waals surface area contributed by atoms with E-state index in [1.54, 1.807) is 4.90 Å². The van der Waals surface area contributed by atoms with Gasteiger partial charge >= 0.3 is 6.03 Å². The number of carbonyl (C=O) groups excluding carboxylic acids is 2. The normalized spacial score (nSPS) is 23.1. The molecule has 6 nitrogen and oxygen atoms in total. The number of hydrogen-bond acceptors (Lipinski definition) is 4. The number of anilines is 1. The SMILES string of the molecule is CC(C)CN1CCC2(CCN([B]c3ccc(N4CCC(=O)NC4=O)cc3)CC2)CC1. The highest BCUT2D eigenvalue weighted by Crippen LogP contribution is 2.41. The van der Waals surface area contributed by atoms with Crippen molar-refractivity contribution >= 4 is 30.5 Å². The van der Waals surface area contributed by atoms with Crippen molar-refractivity contribution in [3.63, 3.8) is 0 Å². The van der Waals surface area contributed by atoms with Gasteiger partial charge in [-0.05, 0) is 75.3 Å². The van der Waals surface area contributed by atoms with Crippen LogP contribution < -0.4 is 15.7 Å². The van der Waals surface area contributed by atoms with Crippen molar-refractivity contribution in [1.82, 2.24) is 15.0 Å². The molecule has 3 saturated heterocycles. The second kappa shape index (κ2) is 9.10. The summed E-state index contributed by atoms with van der Waals surface area (Å²) in [7, 11) is 2.25. The molecule has 7 heteroatoms. The van der Waals surface area contributed by atoms with Crippen molar-refractivity contribution in [2.45, 2.75) is 46.0 Å². The van der Waals surface area contributed by atoms with Gasteiger partial charge in [0.1, 0.15) is 0 Å². The van der Waals surface area contributed by atoms with Crippen molar-refractivity contribution in [2.75, 3.05) is 44.2 Å². The van der Waals surface area contributed by atoms with Crippen LogP contribution in [0, 0.1) is 11.3 Å². The molecule has 161 valence electrons. The van der Waals surface area contributed by atoms with Gasteiger partial charge in [-0.2, -0.15) is 0 Å². The van der Waals surface area contributed by atoms with E-state index >= 15 is 0 Å². The maximum Gasteiger partial charge on any atom is 0.328 e. The van der Waals surface area contributed by atoms with Gasteiger partial charge in [-0.1, -0.05) is 31.4 Å². The fraction of sp³-hybridized carbons (Fsp3) is 0.652. The highest BCUT2D eigenvalue weighted by atomic mass is 16.2. The van der Waals surface area contributed by atoms with Crippen LogP contribution >= 0.6 is 0 Å². The number of hydrogen-bond donors (Lipinski definition) is 1. The van der Waals surface area contributed by atoms with E-state index in [2.05, 4.69) is 48.4 Å². The molecule has 3 amide bonds. The summed E-state index contributed by atoms with van der Waals surface area (Å²) < 4.78 is 0. The number of likely N-dealkylation sites (tertiary alicyclic amines) is 1. The van der Waals surface area contributed by atoms with Crippen molar-refractivity contribution in [2.24, 2.45) is 11.3 Å². The lowest BCUT2D eigenvalue weighted by atomic mass is 9.68. The smallest absolute Gasteiger partial charge is 0.328 e. The van der Waals surface area contributed by atoms with Gasteiger partial charge in [0.15, 0.2) is 0 Å². The first kappa shape index (κ1) is 21.4. The topological polar surface area (TPSA) is 55.9 Å². The summed E-state index contributed by atoms with van der Waals surface area (Å²) in [5.41, 5.74) is 2.55. The zero-order valence-corrected chi connectivity index (χ0v) is 18.4. The molecule has 1 spiro atoms. The van der Waals surface area contributed by atoms with Crippen LogP contribution in [0.4, 0.5) is 10.5 Å². The molecule has 0 atom stereocenters. The van der Waals surface area contributed by atoms with Crippen LogP contribution in [0.5, 0.6) is 0 Å². The molecule has 0 bridgehead atoms. The van der Waals surface area contributed by atoms with Crippen molar-refractivity contribution in [3.8, 4) is 0 Å².